The first-order valence-corrected chi connectivity index (χ1v) is 7.84. The molecule has 1 saturated carbocycles. The van der Waals surface area contributed by atoms with Crippen LogP contribution in [0.2, 0.25) is 5.02 Å². The molecular weight excluding hydrogens is 290 g/mol. The van der Waals surface area contributed by atoms with E-state index in [-0.39, 0.29) is 33.0 Å². The minimum atomic E-state index is 0. The zero-order valence-corrected chi connectivity index (χ0v) is 13.9. The maximum absolute atomic E-state index is 12.5. The number of ether oxygens (including phenoxy) is 2. The molecule has 0 saturated heterocycles. The molecule has 0 aliphatic heterocycles. The molecule has 1 fully saturated rings. The Morgan fingerprint density at radius 2 is 1.90 bits per heavy atom. The van der Waals surface area contributed by atoms with E-state index < -0.39 is 0 Å². The Hall–Kier alpha value is -0.193. The molecule has 105 valence electrons. The third-order valence-electron chi connectivity index (χ3n) is 3.41. The van der Waals surface area contributed by atoms with Crippen LogP contribution in [0.4, 0.5) is 0 Å². The third-order valence-corrected chi connectivity index (χ3v) is 5.21. The van der Waals surface area contributed by atoms with Gasteiger partial charge in [-0.2, -0.15) is 0 Å². The first-order valence-electron chi connectivity index (χ1n) is 6.38. The van der Waals surface area contributed by atoms with E-state index in [1.54, 1.807) is 19.2 Å². The van der Waals surface area contributed by atoms with E-state index in [2.05, 4.69) is 0 Å². The van der Waals surface area contributed by atoms with Gasteiger partial charge in [0.15, 0.2) is 11.3 Å². The number of hydrogen-bond acceptors (Lipinski definition) is 3. The van der Waals surface area contributed by atoms with Gasteiger partial charge < -0.3 is 9.47 Å². The van der Waals surface area contributed by atoms with Crippen LogP contribution in [-0.4, -0.2) is 44.3 Å². The zero-order valence-electron chi connectivity index (χ0n) is 12.2. The van der Waals surface area contributed by atoms with Crippen molar-refractivity contribution in [2.45, 2.75) is 31.3 Å². The van der Waals surface area contributed by atoms with Crippen molar-refractivity contribution in [3.05, 3.63) is 22.7 Å². The van der Waals surface area contributed by atoms with Gasteiger partial charge in [0.25, 0.3) is 0 Å². The molecule has 0 heterocycles. The van der Waals surface area contributed by atoms with Crippen LogP contribution in [0.1, 0.15) is 36.0 Å². The van der Waals surface area contributed by atoms with E-state index in [1.807, 2.05) is 0 Å². The second-order valence-corrected chi connectivity index (χ2v) is 6.58. The van der Waals surface area contributed by atoms with Crippen LogP contribution in [0.25, 0.3) is 0 Å². The summed E-state index contributed by atoms with van der Waals surface area (Å²) in [5.41, 5.74) is 1.09. The number of rotatable bonds is 5. The minimum Gasteiger partial charge on any atom is -0.496 e. The summed E-state index contributed by atoms with van der Waals surface area (Å²) in [5, 5.41) is 0.447. The van der Waals surface area contributed by atoms with Crippen molar-refractivity contribution in [2.24, 2.45) is 0 Å². The Morgan fingerprint density at radius 1 is 1.25 bits per heavy atom. The molecule has 1 atom stereocenters. The van der Waals surface area contributed by atoms with Crippen molar-refractivity contribution in [3.8, 4) is 11.5 Å². The van der Waals surface area contributed by atoms with Crippen LogP contribution in [0, 0.1) is 0 Å². The van der Waals surface area contributed by atoms with Gasteiger partial charge in [0.05, 0.1) is 19.2 Å². The molecule has 6 heteroatoms. The maximum Gasteiger partial charge on any atom is 0.188 e. The zero-order chi connectivity index (χ0) is 13.8. The summed E-state index contributed by atoms with van der Waals surface area (Å²) in [6.45, 7) is 0. The fraction of sp³-hybridized carbons (Fsp3) is 0.500. The Labute approximate surface area is 138 Å². The summed E-state index contributed by atoms with van der Waals surface area (Å²) >= 11 is 6.09. The summed E-state index contributed by atoms with van der Waals surface area (Å²) in [6, 6.07) is 3.41. The number of methoxy groups -OCH3 is 2. The fourth-order valence-corrected chi connectivity index (χ4v) is 4.13. The number of benzene rings is 1. The molecule has 1 aromatic rings. The first-order chi connectivity index (χ1) is 9.17. The van der Waals surface area contributed by atoms with Crippen molar-refractivity contribution in [1.82, 2.24) is 0 Å². The van der Waals surface area contributed by atoms with E-state index in [9.17, 15) is 4.79 Å². The minimum absolute atomic E-state index is 0. The molecule has 3 nitrogen and oxygen atoms in total. The largest absolute Gasteiger partial charge is 0.496 e. The molecule has 0 bridgehead atoms. The quantitative estimate of drug-likeness (QED) is 0.614. The van der Waals surface area contributed by atoms with E-state index >= 15 is 0 Å². The third kappa shape index (κ3) is 3.92. The van der Waals surface area contributed by atoms with Gasteiger partial charge in [-0.3, -0.25) is 4.79 Å². The average molecular weight is 308 g/mol. The Kier molecular flexibility index (Phi) is 7.41. The predicted octanol–water partition coefficient (Wildman–Crippen LogP) is 3.74. The van der Waals surface area contributed by atoms with E-state index in [0.717, 1.165) is 12.8 Å². The molecule has 1 aromatic carbocycles. The van der Waals surface area contributed by atoms with E-state index in [0.29, 0.717) is 27.7 Å². The number of carbonyl (C=O) groups is 1. The van der Waals surface area contributed by atoms with Gasteiger partial charge in [0.1, 0.15) is 11.3 Å². The number of hydrogen-bond donors (Lipinski definition) is 0. The van der Waals surface area contributed by atoms with Crippen LogP contribution < -0.4 is 9.47 Å². The Morgan fingerprint density at radius 3 is 2.45 bits per heavy atom. The number of halogens is 1. The molecule has 1 aliphatic carbocycles. The number of carbonyl (C=O) groups excluding carboxylic acids is 1. The van der Waals surface area contributed by atoms with Gasteiger partial charge in [-0.1, -0.05) is 24.4 Å². The average Bonchev–Trinajstić information content (AvgIpc) is 2.91. The van der Waals surface area contributed by atoms with Crippen LogP contribution >= 0.6 is 20.2 Å². The van der Waals surface area contributed by atoms with Gasteiger partial charge in [0, 0.05) is 18.9 Å². The van der Waals surface area contributed by atoms with Gasteiger partial charge in [-0.25, -0.2) is 0 Å². The summed E-state index contributed by atoms with van der Waals surface area (Å²) in [5.74, 6) is 0.966. The van der Waals surface area contributed by atoms with Crippen molar-refractivity contribution >= 4 is 44.6 Å². The van der Waals surface area contributed by atoms with Crippen molar-refractivity contribution in [3.63, 3.8) is 0 Å². The molecule has 0 aromatic heterocycles. The van der Waals surface area contributed by atoms with Gasteiger partial charge >= 0.3 is 0 Å². The van der Waals surface area contributed by atoms with Crippen molar-refractivity contribution in [1.29, 1.82) is 0 Å². The normalized spacial score (nSPS) is 15.3. The summed E-state index contributed by atoms with van der Waals surface area (Å²) in [4.78, 5) is 12.5. The summed E-state index contributed by atoms with van der Waals surface area (Å²) < 4.78 is 10.5. The fourth-order valence-electron chi connectivity index (χ4n) is 2.45. The second-order valence-electron chi connectivity index (χ2n) is 4.61. The molecule has 0 amide bonds. The molecule has 2 rings (SSSR count). The molecule has 1 unspecified atom stereocenters. The summed E-state index contributed by atoms with van der Waals surface area (Å²) in [7, 11) is 3.35. The standard InChI is InChI=1S/C14H18ClO3P.Li/c1-17-11-8-7-10(15)13(18-2)12(11)14(16)19-9-5-3-4-6-9;/h7-9,19H,3-6H2,1-2H3;. The van der Waals surface area contributed by atoms with Gasteiger partial charge in [0.2, 0.25) is 0 Å². The maximum atomic E-state index is 12.5. The van der Waals surface area contributed by atoms with E-state index in [4.69, 9.17) is 21.1 Å². The van der Waals surface area contributed by atoms with Crippen LogP contribution in [0.5, 0.6) is 11.5 Å². The second kappa shape index (κ2) is 8.30. The molecule has 1 radical (unpaired) electrons. The molecular formula is C14H18ClLiO3P. The van der Waals surface area contributed by atoms with Crippen LogP contribution in [-0.2, 0) is 0 Å². The van der Waals surface area contributed by atoms with Crippen molar-refractivity contribution in [2.75, 3.05) is 14.2 Å². The molecule has 0 N–H and O–H groups in total. The monoisotopic (exact) mass is 307 g/mol. The van der Waals surface area contributed by atoms with Crippen molar-refractivity contribution < 1.29 is 14.3 Å². The molecule has 1 aliphatic rings. The molecule has 20 heavy (non-hydrogen) atoms. The first kappa shape index (κ1) is 17.9. The Bertz CT molecular complexity index is 476. The topological polar surface area (TPSA) is 35.5 Å². The SMILES string of the molecule is COc1ccc(Cl)c(OC)c1C(=O)PC1CCCC1.[Li]. The predicted molar refractivity (Wildman–Crippen MR) is 85.2 cm³/mol. The van der Waals surface area contributed by atoms with Crippen LogP contribution in [0.15, 0.2) is 12.1 Å². The van der Waals surface area contributed by atoms with Gasteiger partial charge in [-0.15, -0.1) is 0 Å². The Balaban J connectivity index is 0.00000200. The summed E-state index contributed by atoms with van der Waals surface area (Å²) in [6.07, 6.45) is 4.76. The van der Waals surface area contributed by atoms with E-state index in [1.165, 1.54) is 20.0 Å². The molecule has 0 spiro atoms. The van der Waals surface area contributed by atoms with Gasteiger partial charge in [-0.05, 0) is 39.2 Å². The smallest absolute Gasteiger partial charge is 0.188 e. The van der Waals surface area contributed by atoms with Crippen LogP contribution in [0.3, 0.4) is 0 Å².